The number of carbonyl (C=O) groups is 1. The van der Waals surface area contributed by atoms with Crippen LogP contribution in [0.25, 0.3) is 0 Å². The first-order valence-electron chi connectivity index (χ1n) is 6.15. The fraction of sp³-hybridized carbons (Fsp3) is 0.500. The molecule has 0 radical (unpaired) electrons. The van der Waals surface area contributed by atoms with Crippen molar-refractivity contribution in [2.75, 3.05) is 6.54 Å². The molecule has 0 N–H and O–H groups in total. The molecule has 0 aromatic heterocycles. The number of amides is 1. The lowest BCUT2D eigenvalue weighted by Gasteiger charge is -2.21. The van der Waals surface area contributed by atoms with Crippen LogP contribution >= 0.6 is 0 Å². The Kier molecular flexibility index (Phi) is 5.03. The summed E-state index contributed by atoms with van der Waals surface area (Å²) in [6.45, 7) is 7.03. The maximum Gasteiger partial charge on any atom is 0.254 e. The van der Waals surface area contributed by atoms with Crippen LogP contribution in [0.5, 0.6) is 0 Å². The first kappa shape index (κ1) is 12.8. The maximum atomic E-state index is 12.0. The van der Waals surface area contributed by atoms with Crippen LogP contribution in [0.4, 0.5) is 0 Å². The van der Waals surface area contributed by atoms with Gasteiger partial charge in [0.25, 0.3) is 5.91 Å². The number of benzene rings is 1. The molecule has 88 valence electrons. The van der Waals surface area contributed by atoms with Crippen LogP contribution in [0.15, 0.2) is 30.3 Å². The van der Waals surface area contributed by atoms with Crippen molar-refractivity contribution in [2.45, 2.75) is 39.7 Å². The van der Waals surface area contributed by atoms with E-state index in [1.165, 1.54) is 0 Å². The third-order valence-corrected chi connectivity index (χ3v) is 2.83. The summed E-state index contributed by atoms with van der Waals surface area (Å²) >= 11 is 0. The number of nitrogens with zero attached hydrogens (tertiary/aromatic N) is 1. The lowest BCUT2D eigenvalue weighted by Crippen LogP contribution is -2.33. The Bertz CT molecular complexity index is 321. The average molecular weight is 219 g/mol. The number of carbonyl (C=O) groups excluding carboxylic acids is 1. The van der Waals surface area contributed by atoms with Gasteiger partial charge in [0.1, 0.15) is 0 Å². The molecule has 1 fully saturated rings. The van der Waals surface area contributed by atoms with E-state index in [1.54, 1.807) is 0 Å². The topological polar surface area (TPSA) is 20.3 Å². The minimum absolute atomic E-state index is 0.176. The highest BCUT2D eigenvalue weighted by Gasteiger charge is 2.25. The second-order valence-electron chi connectivity index (χ2n) is 3.86. The standard InChI is InChI=1S/C12H15NO.C2H6/c1-10-6-5-9-13(10)12(14)11-7-3-2-4-8-11;1-2/h2-4,7-8,10H,5-6,9H2,1H3;1-2H3. The highest BCUT2D eigenvalue weighted by atomic mass is 16.2. The van der Waals surface area contributed by atoms with Crippen molar-refractivity contribution in [3.05, 3.63) is 35.9 Å². The van der Waals surface area contributed by atoms with Gasteiger partial charge in [-0.05, 0) is 31.9 Å². The molecule has 2 rings (SSSR count). The van der Waals surface area contributed by atoms with E-state index in [4.69, 9.17) is 0 Å². The molecule has 0 bridgehead atoms. The zero-order chi connectivity index (χ0) is 12.0. The predicted molar refractivity (Wildman–Crippen MR) is 67.5 cm³/mol. The fourth-order valence-corrected chi connectivity index (χ4v) is 1.98. The number of likely N-dealkylation sites (tertiary alicyclic amines) is 1. The Hall–Kier alpha value is -1.31. The normalized spacial score (nSPS) is 18.9. The van der Waals surface area contributed by atoms with Crippen molar-refractivity contribution in [3.63, 3.8) is 0 Å². The first-order chi connectivity index (χ1) is 7.79. The molecule has 1 amide bonds. The highest BCUT2D eigenvalue weighted by molar-refractivity contribution is 5.94. The number of hydrogen-bond acceptors (Lipinski definition) is 1. The van der Waals surface area contributed by atoms with E-state index in [1.807, 2.05) is 49.1 Å². The van der Waals surface area contributed by atoms with Gasteiger partial charge in [-0.3, -0.25) is 4.79 Å². The van der Waals surface area contributed by atoms with Crippen molar-refractivity contribution in [1.82, 2.24) is 4.90 Å². The molecule has 1 heterocycles. The van der Waals surface area contributed by atoms with Gasteiger partial charge >= 0.3 is 0 Å². The van der Waals surface area contributed by atoms with Crippen LogP contribution in [0.1, 0.15) is 44.0 Å². The van der Waals surface area contributed by atoms with Gasteiger partial charge in [0.15, 0.2) is 0 Å². The van der Waals surface area contributed by atoms with E-state index in [0.717, 1.165) is 24.9 Å². The SMILES string of the molecule is CC.CC1CCCN1C(=O)c1ccccc1. The van der Waals surface area contributed by atoms with Gasteiger partial charge < -0.3 is 4.90 Å². The van der Waals surface area contributed by atoms with Crippen molar-refractivity contribution >= 4 is 5.91 Å². The quantitative estimate of drug-likeness (QED) is 0.709. The Morgan fingerprint density at radius 3 is 2.38 bits per heavy atom. The largest absolute Gasteiger partial charge is 0.336 e. The third-order valence-electron chi connectivity index (χ3n) is 2.83. The minimum atomic E-state index is 0.176. The minimum Gasteiger partial charge on any atom is -0.336 e. The smallest absolute Gasteiger partial charge is 0.254 e. The van der Waals surface area contributed by atoms with Crippen LogP contribution in [0.3, 0.4) is 0 Å². The summed E-state index contributed by atoms with van der Waals surface area (Å²) in [4.78, 5) is 14.0. The molecule has 2 nitrogen and oxygen atoms in total. The third kappa shape index (κ3) is 2.84. The summed E-state index contributed by atoms with van der Waals surface area (Å²) in [7, 11) is 0. The Labute approximate surface area is 98.3 Å². The van der Waals surface area contributed by atoms with Gasteiger partial charge in [-0.15, -0.1) is 0 Å². The maximum absolute atomic E-state index is 12.0. The van der Waals surface area contributed by atoms with Crippen LogP contribution in [-0.4, -0.2) is 23.4 Å². The number of rotatable bonds is 1. The highest BCUT2D eigenvalue weighted by Crippen LogP contribution is 2.19. The van der Waals surface area contributed by atoms with Gasteiger partial charge in [0.2, 0.25) is 0 Å². The molecule has 1 saturated heterocycles. The molecule has 0 saturated carbocycles. The summed E-state index contributed by atoms with van der Waals surface area (Å²) in [6, 6.07) is 9.93. The van der Waals surface area contributed by atoms with E-state index in [-0.39, 0.29) is 5.91 Å². The first-order valence-corrected chi connectivity index (χ1v) is 6.15. The lowest BCUT2D eigenvalue weighted by atomic mass is 10.2. The van der Waals surface area contributed by atoms with Gasteiger partial charge in [-0.25, -0.2) is 0 Å². The Morgan fingerprint density at radius 1 is 1.25 bits per heavy atom. The molecule has 0 spiro atoms. The Morgan fingerprint density at radius 2 is 1.88 bits per heavy atom. The van der Waals surface area contributed by atoms with E-state index in [2.05, 4.69) is 6.92 Å². The zero-order valence-electron chi connectivity index (χ0n) is 10.4. The van der Waals surface area contributed by atoms with Crippen molar-refractivity contribution in [3.8, 4) is 0 Å². The molecule has 1 unspecified atom stereocenters. The number of hydrogen-bond donors (Lipinski definition) is 0. The van der Waals surface area contributed by atoms with Crippen LogP contribution < -0.4 is 0 Å². The average Bonchev–Trinajstić information content (AvgIpc) is 2.78. The summed E-state index contributed by atoms with van der Waals surface area (Å²) in [5.41, 5.74) is 0.807. The molecule has 0 aliphatic carbocycles. The van der Waals surface area contributed by atoms with Crippen LogP contribution in [0, 0.1) is 0 Å². The Balaban J connectivity index is 0.000000606. The molecule has 1 aliphatic rings. The van der Waals surface area contributed by atoms with E-state index in [0.29, 0.717) is 6.04 Å². The second kappa shape index (κ2) is 6.31. The molecule has 2 heteroatoms. The molecule has 1 atom stereocenters. The molecule has 1 aromatic carbocycles. The molecular formula is C14H21NO. The second-order valence-corrected chi connectivity index (χ2v) is 3.86. The summed E-state index contributed by atoms with van der Waals surface area (Å²) < 4.78 is 0. The van der Waals surface area contributed by atoms with Crippen molar-refractivity contribution < 1.29 is 4.79 Å². The predicted octanol–water partition coefficient (Wildman–Crippen LogP) is 3.34. The van der Waals surface area contributed by atoms with Crippen LogP contribution in [0.2, 0.25) is 0 Å². The lowest BCUT2D eigenvalue weighted by molar-refractivity contribution is 0.0747. The monoisotopic (exact) mass is 219 g/mol. The van der Waals surface area contributed by atoms with E-state index >= 15 is 0 Å². The van der Waals surface area contributed by atoms with E-state index in [9.17, 15) is 4.79 Å². The summed E-state index contributed by atoms with van der Waals surface area (Å²) in [5, 5.41) is 0. The summed E-state index contributed by atoms with van der Waals surface area (Å²) in [5.74, 6) is 0.176. The fourth-order valence-electron chi connectivity index (χ4n) is 1.98. The van der Waals surface area contributed by atoms with Crippen molar-refractivity contribution in [2.24, 2.45) is 0 Å². The van der Waals surface area contributed by atoms with Crippen LogP contribution in [-0.2, 0) is 0 Å². The molecule has 16 heavy (non-hydrogen) atoms. The molecule has 1 aliphatic heterocycles. The molecule has 1 aromatic rings. The van der Waals surface area contributed by atoms with Gasteiger partial charge in [0, 0.05) is 18.2 Å². The van der Waals surface area contributed by atoms with E-state index < -0.39 is 0 Å². The van der Waals surface area contributed by atoms with Gasteiger partial charge in [-0.2, -0.15) is 0 Å². The summed E-state index contributed by atoms with van der Waals surface area (Å²) in [6.07, 6.45) is 2.28. The van der Waals surface area contributed by atoms with Gasteiger partial charge in [-0.1, -0.05) is 32.0 Å². The van der Waals surface area contributed by atoms with Gasteiger partial charge in [0.05, 0.1) is 0 Å². The zero-order valence-corrected chi connectivity index (χ0v) is 10.4. The molecular weight excluding hydrogens is 198 g/mol. The van der Waals surface area contributed by atoms with Crippen molar-refractivity contribution in [1.29, 1.82) is 0 Å².